The van der Waals surface area contributed by atoms with Gasteiger partial charge in [0.2, 0.25) is 14.2 Å². The number of thiazole rings is 1. The maximum Gasteiger partial charge on any atom is 0.225 e. The molecule has 14 heavy (non-hydrogen) atoms. The van der Waals surface area contributed by atoms with Crippen LogP contribution in [0.5, 0.6) is 0 Å². The Morgan fingerprint density at radius 3 is 2.86 bits per heavy atom. The van der Waals surface area contributed by atoms with E-state index in [-0.39, 0.29) is 10.2 Å². The highest BCUT2D eigenvalue weighted by Gasteiger charge is 2.17. The third kappa shape index (κ3) is 1.83. The fourth-order valence-electron chi connectivity index (χ4n) is 0.970. The first-order valence-electron chi connectivity index (χ1n) is 3.78. The molecule has 0 spiro atoms. The molecule has 0 amide bonds. The van der Waals surface area contributed by atoms with Crippen molar-refractivity contribution in [1.82, 2.24) is 14.8 Å². The molecule has 0 N–H and O–H groups in total. The van der Waals surface area contributed by atoms with Crippen LogP contribution in [0.25, 0.3) is 0 Å². The first-order chi connectivity index (χ1) is 6.68. The molecule has 2 rings (SSSR count). The number of nitrogens with zero attached hydrogens (tertiary/aromatic N) is 3. The van der Waals surface area contributed by atoms with E-state index in [0.717, 1.165) is 11.3 Å². The summed E-state index contributed by atoms with van der Waals surface area (Å²) >= 11 is 1.11. The van der Waals surface area contributed by atoms with Crippen LogP contribution in [-0.2, 0) is 15.7 Å². The summed E-state index contributed by atoms with van der Waals surface area (Å²) in [7, 11) is -3.33. The van der Waals surface area contributed by atoms with Crippen LogP contribution in [0.3, 0.4) is 0 Å². The van der Waals surface area contributed by atoms with Crippen LogP contribution >= 0.6 is 11.3 Å². The molecule has 5 nitrogen and oxygen atoms in total. The molecule has 0 aromatic carbocycles. The molecule has 0 bridgehead atoms. The van der Waals surface area contributed by atoms with Crippen molar-refractivity contribution in [1.29, 1.82) is 0 Å². The van der Waals surface area contributed by atoms with Gasteiger partial charge in [-0.25, -0.2) is 13.4 Å². The van der Waals surface area contributed by atoms with E-state index in [2.05, 4.69) is 10.1 Å². The standard InChI is InChI=1S/C7H7N3O2S2/c11-14(12,7-8-3-5-13-7)6-10-4-1-2-9-10/h1-5H,6H2. The third-order valence-corrected chi connectivity index (χ3v) is 4.39. The Bertz CT molecular complexity index is 487. The number of hydrogen-bond acceptors (Lipinski definition) is 5. The predicted molar refractivity (Wildman–Crippen MR) is 51.5 cm³/mol. The summed E-state index contributed by atoms with van der Waals surface area (Å²) in [5, 5.41) is 5.46. The first-order valence-corrected chi connectivity index (χ1v) is 6.31. The summed E-state index contributed by atoms with van der Waals surface area (Å²) < 4.78 is 24.8. The van der Waals surface area contributed by atoms with Gasteiger partial charge in [-0.3, -0.25) is 4.68 Å². The summed E-state index contributed by atoms with van der Waals surface area (Å²) in [6.45, 7) is 0. The van der Waals surface area contributed by atoms with Crippen LogP contribution in [0.2, 0.25) is 0 Å². The lowest BCUT2D eigenvalue weighted by atomic mass is 10.8. The van der Waals surface area contributed by atoms with Crippen molar-refractivity contribution in [2.45, 2.75) is 10.2 Å². The van der Waals surface area contributed by atoms with Gasteiger partial charge in [0.25, 0.3) is 0 Å². The Hall–Kier alpha value is -1.21. The molecule has 2 aromatic rings. The van der Waals surface area contributed by atoms with E-state index >= 15 is 0 Å². The number of rotatable bonds is 3. The zero-order valence-electron chi connectivity index (χ0n) is 7.07. The molecule has 0 aliphatic carbocycles. The molecule has 2 heterocycles. The quantitative estimate of drug-likeness (QED) is 0.779. The molecule has 0 fully saturated rings. The van der Waals surface area contributed by atoms with Crippen LogP contribution in [0, 0.1) is 0 Å². The van der Waals surface area contributed by atoms with Gasteiger partial charge < -0.3 is 0 Å². The molecule has 74 valence electrons. The summed E-state index contributed by atoms with van der Waals surface area (Å²) in [5.41, 5.74) is 0. The Labute approximate surface area is 84.9 Å². The second kappa shape index (κ2) is 3.50. The minimum absolute atomic E-state index is 0.132. The van der Waals surface area contributed by atoms with Crippen LogP contribution in [0.1, 0.15) is 0 Å². The monoisotopic (exact) mass is 229 g/mol. The molecular formula is C7H7N3O2S2. The van der Waals surface area contributed by atoms with Crippen molar-refractivity contribution >= 4 is 21.2 Å². The van der Waals surface area contributed by atoms with E-state index in [4.69, 9.17) is 0 Å². The lowest BCUT2D eigenvalue weighted by Gasteiger charge is -1.99. The minimum Gasteiger partial charge on any atom is -0.257 e. The number of aromatic nitrogens is 3. The average molecular weight is 229 g/mol. The molecule has 7 heteroatoms. The van der Waals surface area contributed by atoms with Crippen molar-refractivity contribution in [3.63, 3.8) is 0 Å². The summed E-state index contributed by atoms with van der Waals surface area (Å²) in [4.78, 5) is 3.76. The number of sulfone groups is 1. The number of hydrogen-bond donors (Lipinski definition) is 0. The molecule has 0 saturated heterocycles. The minimum atomic E-state index is -3.33. The molecule has 0 unspecified atom stereocenters. The topological polar surface area (TPSA) is 64.8 Å². The van der Waals surface area contributed by atoms with E-state index in [1.807, 2.05) is 0 Å². The summed E-state index contributed by atoms with van der Waals surface area (Å²) in [5.74, 6) is -0.159. The summed E-state index contributed by atoms with van der Waals surface area (Å²) in [6, 6.07) is 1.68. The molecule has 2 aromatic heterocycles. The maximum absolute atomic E-state index is 11.6. The van der Waals surface area contributed by atoms with E-state index in [1.54, 1.807) is 17.6 Å². The van der Waals surface area contributed by atoms with Crippen LogP contribution in [0.15, 0.2) is 34.4 Å². The average Bonchev–Trinajstić information content (AvgIpc) is 2.71. The predicted octanol–water partition coefficient (Wildman–Crippen LogP) is 0.771. The van der Waals surface area contributed by atoms with Gasteiger partial charge >= 0.3 is 0 Å². The Morgan fingerprint density at radius 2 is 2.29 bits per heavy atom. The second-order valence-electron chi connectivity index (χ2n) is 2.59. The van der Waals surface area contributed by atoms with Gasteiger partial charge in [0.15, 0.2) is 0 Å². The normalized spacial score (nSPS) is 11.7. The highest BCUT2D eigenvalue weighted by Crippen LogP contribution is 2.14. The van der Waals surface area contributed by atoms with Crippen LogP contribution in [0.4, 0.5) is 0 Å². The highest BCUT2D eigenvalue weighted by molar-refractivity contribution is 7.92. The smallest absolute Gasteiger partial charge is 0.225 e. The fourth-order valence-corrected chi connectivity index (χ4v) is 3.07. The van der Waals surface area contributed by atoms with E-state index in [0.29, 0.717) is 0 Å². The van der Waals surface area contributed by atoms with E-state index in [1.165, 1.54) is 17.1 Å². The second-order valence-corrected chi connectivity index (χ2v) is 5.61. The van der Waals surface area contributed by atoms with Gasteiger partial charge in [0.05, 0.1) is 0 Å². The SMILES string of the molecule is O=S(=O)(Cn1cccn1)c1nccs1. The zero-order chi connectivity index (χ0) is 10.0. The van der Waals surface area contributed by atoms with Crippen molar-refractivity contribution < 1.29 is 8.42 Å². The molecule has 0 aliphatic heterocycles. The van der Waals surface area contributed by atoms with Crippen molar-refractivity contribution in [2.75, 3.05) is 0 Å². The van der Waals surface area contributed by atoms with Gasteiger partial charge in [0.1, 0.15) is 5.88 Å². The third-order valence-electron chi connectivity index (χ3n) is 1.54. The zero-order valence-corrected chi connectivity index (χ0v) is 8.70. The molecule has 0 atom stereocenters. The van der Waals surface area contributed by atoms with Crippen LogP contribution in [-0.4, -0.2) is 23.2 Å². The molecule has 0 aliphatic rings. The lowest BCUT2D eigenvalue weighted by Crippen LogP contribution is -2.11. The fraction of sp³-hybridized carbons (Fsp3) is 0.143. The highest BCUT2D eigenvalue weighted by atomic mass is 32.2. The van der Waals surface area contributed by atoms with Gasteiger partial charge in [-0.05, 0) is 6.07 Å². The Kier molecular flexibility index (Phi) is 2.34. The van der Waals surface area contributed by atoms with Gasteiger partial charge in [-0.15, -0.1) is 11.3 Å². The van der Waals surface area contributed by atoms with Crippen molar-refractivity contribution in [3.8, 4) is 0 Å². The lowest BCUT2D eigenvalue weighted by molar-refractivity contribution is 0.575. The maximum atomic E-state index is 11.6. The van der Waals surface area contributed by atoms with Gasteiger partial charge in [-0.2, -0.15) is 5.10 Å². The summed E-state index contributed by atoms with van der Waals surface area (Å²) in [6.07, 6.45) is 4.61. The first kappa shape index (κ1) is 9.35. The molecule has 0 saturated carbocycles. The van der Waals surface area contributed by atoms with Gasteiger partial charge in [-0.1, -0.05) is 0 Å². The van der Waals surface area contributed by atoms with Crippen molar-refractivity contribution in [2.24, 2.45) is 0 Å². The Morgan fingerprint density at radius 1 is 1.43 bits per heavy atom. The van der Waals surface area contributed by atoms with Crippen LogP contribution < -0.4 is 0 Å². The molecule has 0 radical (unpaired) electrons. The van der Waals surface area contributed by atoms with Gasteiger partial charge in [0, 0.05) is 24.0 Å². The largest absolute Gasteiger partial charge is 0.257 e. The molecular weight excluding hydrogens is 222 g/mol. The van der Waals surface area contributed by atoms with E-state index < -0.39 is 9.84 Å². The van der Waals surface area contributed by atoms with Crippen molar-refractivity contribution in [3.05, 3.63) is 30.0 Å². The Balaban J connectivity index is 2.27. The van der Waals surface area contributed by atoms with E-state index in [9.17, 15) is 8.42 Å².